The van der Waals surface area contributed by atoms with E-state index in [1.807, 2.05) is 0 Å². The number of sulfonamides is 1. The van der Waals surface area contributed by atoms with Gasteiger partial charge >= 0.3 is 5.97 Å². The number of carboxylic acid groups (broad SMARTS) is 1. The Hall–Kier alpha value is -2.32. The van der Waals surface area contributed by atoms with Crippen LogP contribution in [0.2, 0.25) is 0 Å². The third kappa shape index (κ3) is 5.10. The minimum Gasteiger partial charge on any atom is -0.481 e. The minimum atomic E-state index is -3.67. The number of thioether (sulfide) groups is 1. The molecule has 2 N–H and O–H groups in total. The highest BCUT2D eigenvalue weighted by Gasteiger charge is 2.14. The predicted octanol–water partition coefficient (Wildman–Crippen LogP) is 2.49. The van der Waals surface area contributed by atoms with Gasteiger partial charge in [0.25, 0.3) is 10.0 Å². The molecule has 0 aliphatic heterocycles. The lowest BCUT2D eigenvalue weighted by Crippen LogP contribution is -2.13. The number of carbonyl (C=O) groups is 2. The number of benzene rings is 2. The Balaban J connectivity index is 2.02. The Kier molecular flexibility index (Phi) is 5.99. The summed E-state index contributed by atoms with van der Waals surface area (Å²) in [4.78, 5) is 22.5. The van der Waals surface area contributed by atoms with Crippen molar-refractivity contribution in [1.29, 1.82) is 0 Å². The number of carboxylic acids is 1. The first-order valence-electron chi connectivity index (χ1n) is 6.89. The monoisotopic (exact) mass is 365 g/mol. The van der Waals surface area contributed by atoms with Crippen LogP contribution in [0.4, 0.5) is 5.69 Å². The van der Waals surface area contributed by atoms with E-state index in [1.54, 1.807) is 18.2 Å². The van der Waals surface area contributed by atoms with E-state index in [0.717, 1.165) is 11.8 Å². The van der Waals surface area contributed by atoms with Crippen LogP contribution in [-0.2, 0) is 14.8 Å². The molecular formula is C16H15NO5S2. The van der Waals surface area contributed by atoms with Gasteiger partial charge in [-0.05, 0) is 36.4 Å². The largest absolute Gasteiger partial charge is 0.481 e. The van der Waals surface area contributed by atoms with Crippen LogP contribution in [-0.4, -0.2) is 36.8 Å². The molecule has 0 heterocycles. The first-order chi connectivity index (χ1) is 11.4. The van der Waals surface area contributed by atoms with E-state index >= 15 is 0 Å². The van der Waals surface area contributed by atoms with Crippen LogP contribution in [0.3, 0.4) is 0 Å². The highest BCUT2D eigenvalue weighted by molar-refractivity contribution is 8.00. The molecule has 0 radical (unpaired) electrons. The maximum atomic E-state index is 12.2. The van der Waals surface area contributed by atoms with Crippen LogP contribution in [0.1, 0.15) is 10.4 Å². The van der Waals surface area contributed by atoms with Crippen molar-refractivity contribution in [3.8, 4) is 0 Å². The Labute approximate surface area is 143 Å². The molecule has 0 spiro atoms. The molecule has 0 aliphatic carbocycles. The van der Waals surface area contributed by atoms with Gasteiger partial charge in [0.05, 0.1) is 16.4 Å². The molecule has 0 atom stereocenters. The summed E-state index contributed by atoms with van der Waals surface area (Å²) in [7, 11) is -3.67. The number of ketones is 1. The Morgan fingerprint density at radius 2 is 1.58 bits per heavy atom. The summed E-state index contributed by atoms with van der Waals surface area (Å²) in [6.45, 7) is 0. The fraction of sp³-hybridized carbons (Fsp3) is 0.125. The zero-order chi connectivity index (χ0) is 17.6. The third-order valence-electron chi connectivity index (χ3n) is 2.97. The van der Waals surface area contributed by atoms with Crippen LogP contribution in [0.5, 0.6) is 0 Å². The third-order valence-corrected chi connectivity index (χ3v) is 5.29. The highest BCUT2D eigenvalue weighted by Crippen LogP contribution is 2.17. The molecule has 126 valence electrons. The fourth-order valence-electron chi connectivity index (χ4n) is 1.85. The maximum Gasteiger partial charge on any atom is 0.313 e. The number of nitrogens with one attached hydrogen (secondary N) is 1. The van der Waals surface area contributed by atoms with E-state index in [-0.39, 0.29) is 22.2 Å². The second-order valence-corrected chi connectivity index (χ2v) is 7.47. The molecule has 0 saturated heterocycles. The van der Waals surface area contributed by atoms with Crippen molar-refractivity contribution in [2.45, 2.75) is 4.90 Å². The van der Waals surface area contributed by atoms with Gasteiger partial charge in [-0.2, -0.15) is 0 Å². The average Bonchev–Trinajstić information content (AvgIpc) is 2.55. The van der Waals surface area contributed by atoms with Crippen molar-refractivity contribution in [2.24, 2.45) is 0 Å². The molecule has 0 fully saturated rings. The zero-order valence-electron chi connectivity index (χ0n) is 12.5. The van der Waals surface area contributed by atoms with Crippen molar-refractivity contribution in [1.82, 2.24) is 0 Å². The van der Waals surface area contributed by atoms with Crippen molar-refractivity contribution in [3.63, 3.8) is 0 Å². The summed E-state index contributed by atoms with van der Waals surface area (Å²) in [5, 5.41) is 8.54. The molecule has 0 unspecified atom stereocenters. The lowest BCUT2D eigenvalue weighted by atomic mass is 10.1. The van der Waals surface area contributed by atoms with Crippen LogP contribution >= 0.6 is 11.8 Å². The SMILES string of the molecule is O=C(O)CSCC(=O)c1ccc(NS(=O)(=O)c2ccccc2)cc1. The number of rotatable bonds is 8. The molecule has 0 amide bonds. The van der Waals surface area contributed by atoms with E-state index in [2.05, 4.69) is 4.72 Å². The molecule has 2 aromatic rings. The molecular weight excluding hydrogens is 350 g/mol. The second-order valence-electron chi connectivity index (χ2n) is 4.81. The molecule has 2 aromatic carbocycles. The van der Waals surface area contributed by atoms with Gasteiger partial charge in [-0.25, -0.2) is 8.42 Å². The first kappa shape index (κ1) is 18.0. The van der Waals surface area contributed by atoms with Gasteiger partial charge < -0.3 is 5.11 Å². The Morgan fingerprint density at radius 3 is 2.17 bits per heavy atom. The molecule has 0 aliphatic rings. The summed E-state index contributed by atoms with van der Waals surface area (Å²) in [5.41, 5.74) is 0.740. The number of carbonyl (C=O) groups excluding carboxylic acids is 1. The highest BCUT2D eigenvalue weighted by atomic mass is 32.2. The molecule has 6 nitrogen and oxygen atoms in total. The number of anilines is 1. The van der Waals surface area contributed by atoms with E-state index in [4.69, 9.17) is 5.11 Å². The van der Waals surface area contributed by atoms with Crippen LogP contribution in [0.15, 0.2) is 59.5 Å². The molecule has 24 heavy (non-hydrogen) atoms. The normalized spacial score (nSPS) is 11.0. The zero-order valence-corrected chi connectivity index (χ0v) is 14.1. The average molecular weight is 365 g/mol. The van der Waals surface area contributed by atoms with Crippen molar-refractivity contribution in [3.05, 3.63) is 60.2 Å². The summed E-state index contributed by atoms with van der Waals surface area (Å²) in [6, 6.07) is 14.0. The van der Waals surface area contributed by atoms with Gasteiger partial charge in [-0.3, -0.25) is 14.3 Å². The Bertz CT molecular complexity index is 817. The fourth-order valence-corrected chi connectivity index (χ4v) is 3.56. The maximum absolute atomic E-state index is 12.2. The van der Waals surface area contributed by atoms with E-state index in [9.17, 15) is 18.0 Å². The van der Waals surface area contributed by atoms with Gasteiger partial charge in [-0.15, -0.1) is 11.8 Å². The van der Waals surface area contributed by atoms with Crippen LogP contribution in [0, 0.1) is 0 Å². The van der Waals surface area contributed by atoms with Crippen LogP contribution in [0.25, 0.3) is 0 Å². The summed E-state index contributed by atoms with van der Waals surface area (Å²) in [5.74, 6) is -1.26. The van der Waals surface area contributed by atoms with Crippen LogP contribution < -0.4 is 4.72 Å². The molecule has 0 aromatic heterocycles. The molecule has 0 bridgehead atoms. The van der Waals surface area contributed by atoms with Gasteiger partial charge in [0.15, 0.2) is 5.78 Å². The lowest BCUT2D eigenvalue weighted by molar-refractivity contribution is -0.133. The number of Topliss-reactive ketones (excluding diaryl/α,β-unsaturated/α-hetero) is 1. The van der Waals surface area contributed by atoms with Gasteiger partial charge in [0, 0.05) is 11.3 Å². The van der Waals surface area contributed by atoms with Gasteiger partial charge in [-0.1, -0.05) is 18.2 Å². The van der Waals surface area contributed by atoms with E-state index < -0.39 is 16.0 Å². The quantitative estimate of drug-likeness (QED) is 0.697. The summed E-state index contributed by atoms with van der Waals surface area (Å²) >= 11 is 1.02. The molecule has 0 saturated carbocycles. The topological polar surface area (TPSA) is 101 Å². The van der Waals surface area contributed by atoms with E-state index in [0.29, 0.717) is 11.3 Å². The smallest absolute Gasteiger partial charge is 0.313 e. The Morgan fingerprint density at radius 1 is 0.958 bits per heavy atom. The summed E-state index contributed by atoms with van der Waals surface area (Å²) in [6.07, 6.45) is 0. The van der Waals surface area contributed by atoms with Gasteiger partial charge in [0.2, 0.25) is 0 Å². The van der Waals surface area contributed by atoms with Gasteiger partial charge in [0.1, 0.15) is 0 Å². The van der Waals surface area contributed by atoms with E-state index in [1.165, 1.54) is 36.4 Å². The second kappa shape index (κ2) is 7.98. The number of hydrogen-bond acceptors (Lipinski definition) is 5. The summed E-state index contributed by atoms with van der Waals surface area (Å²) < 4.78 is 26.8. The minimum absolute atomic E-state index is 0.0569. The lowest BCUT2D eigenvalue weighted by Gasteiger charge is -2.08. The molecule has 8 heteroatoms. The van der Waals surface area contributed by atoms with Crippen molar-refractivity contribution >= 4 is 39.2 Å². The molecule has 2 rings (SSSR count). The first-order valence-corrected chi connectivity index (χ1v) is 9.53. The number of hydrogen-bond donors (Lipinski definition) is 2. The van der Waals surface area contributed by atoms with Crippen molar-refractivity contribution in [2.75, 3.05) is 16.2 Å². The van der Waals surface area contributed by atoms with Crippen molar-refractivity contribution < 1.29 is 23.1 Å². The number of aliphatic carboxylic acids is 1. The standard InChI is InChI=1S/C16H15NO5S2/c18-15(10-23-11-16(19)20)12-6-8-13(9-7-12)17-24(21,22)14-4-2-1-3-5-14/h1-9,17H,10-11H2,(H,19,20). The predicted molar refractivity (Wildman–Crippen MR) is 93.0 cm³/mol.